The summed E-state index contributed by atoms with van der Waals surface area (Å²) in [4.78, 5) is 4.41. The van der Waals surface area contributed by atoms with E-state index < -0.39 is 6.10 Å². The lowest BCUT2D eigenvalue weighted by Crippen LogP contribution is -1.99. The van der Waals surface area contributed by atoms with Crippen LogP contribution in [0.1, 0.15) is 17.4 Å². The number of aliphatic hydroxyl groups is 1. The van der Waals surface area contributed by atoms with E-state index in [0.717, 1.165) is 17.0 Å². The van der Waals surface area contributed by atoms with Gasteiger partial charge in [0, 0.05) is 12.4 Å². The van der Waals surface area contributed by atoms with Crippen LogP contribution in [0.2, 0.25) is 0 Å². The summed E-state index contributed by atoms with van der Waals surface area (Å²) in [5, 5.41) is 10.3. The molecule has 0 aliphatic rings. The van der Waals surface area contributed by atoms with E-state index in [1.165, 1.54) is 0 Å². The van der Waals surface area contributed by atoms with Gasteiger partial charge in [-0.05, 0) is 29.8 Å². The molecule has 4 nitrogen and oxygen atoms in total. The Hall–Kier alpha value is -2.33. The lowest BCUT2D eigenvalue weighted by atomic mass is 10.1. The first kappa shape index (κ1) is 11.7. The van der Waals surface area contributed by atoms with Crippen LogP contribution in [0.4, 0.5) is 0 Å². The van der Waals surface area contributed by atoms with E-state index >= 15 is 0 Å². The first-order chi connectivity index (χ1) is 9.28. The van der Waals surface area contributed by atoms with Crippen molar-refractivity contribution in [2.24, 2.45) is 0 Å². The van der Waals surface area contributed by atoms with Gasteiger partial charge in [-0.1, -0.05) is 18.2 Å². The zero-order valence-corrected chi connectivity index (χ0v) is 10.5. The molecule has 0 fully saturated rings. The van der Waals surface area contributed by atoms with Gasteiger partial charge in [0.1, 0.15) is 17.5 Å². The standard InChI is InChI=1S/C15H14N2O2/c1-19-12-7-5-11(6-8-12)15(18)13-10-17-9-3-2-4-14(17)16-13/h2-10,15,18H,1H3. The molecule has 96 valence electrons. The third kappa shape index (κ3) is 2.18. The molecule has 0 aliphatic carbocycles. The van der Waals surface area contributed by atoms with Crippen LogP contribution in [-0.2, 0) is 0 Å². The summed E-state index contributed by atoms with van der Waals surface area (Å²) in [6, 6.07) is 13.1. The average Bonchev–Trinajstić information content (AvgIpc) is 2.90. The van der Waals surface area contributed by atoms with Gasteiger partial charge < -0.3 is 14.2 Å². The smallest absolute Gasteiger partial charge is 0.137 e. The summed E-state index contributed by atoms with van der Waals surface area (Å²) in [5.41, 5.74) is 2.26. The van der Waals surface area contributed by atoms with Crippen molar-refractivity contribution in [3.63, 3.8) is 0 Å². The minimum Gasteiger partial charge on any atom is -0.497 e. The first-order valence-electron chi connectivity index (χ1n) is 6.03. The summed E-state index contributed by atoms with van der Waals surface area (Å²) < 4.78 is 6.99. The van der Waals surface area contributed by atoms with Crippen LogP contribution >= 0.6 is 0 Å². The van der Waals surface area contributed by atoms with Gasteiger partial charge in [-0.25, -0.2) is 4.98 Å². The van der Waals surface area contributed by atoms with E-state index in [1.54, 1.807) is 7.11 Å². The molecule has 1 unspecified atom stereocenters. The number of imidazole rings is 1. The molecule has 2 aromatic heterocycles. The highest BCUT2D eigenvalue weighted by Gasteiger charge is 2.14. The van der Waals surface area contributed by atoms with Gasteiger partial charge in [0.25, 0.3) is 0 Å². The number of hydrogen-bond donors (Lipinski definition) is 1. The van der Waals surface area contributed by atoms with Crippen molar-refractivity contribution in [3.8, 4) is 5.75 Å². The van der Waals surface area contributed by atoms with Crippen molar-refractivity contribution >= 4 is 5.65 Å². The highest BCUT2D eigenvalue weighted by Crippen LogP contribution is 2.23. The van der Waals surface area contributed by atoms with Crippen molar-refractivity contribution in [1.82, 2.24) is 9.38 Å². The number of pyridine rings is 1. The van der Waals surface area contributed by atoms with E-state index in [-0.39, 0.29) is 0 Å². The highest BCUT2D eigenvalue weighted by molar-refractivity contribution is 5.41. The summed E-state index contributed by atoms with van der Waals surface area (Å²) in [6.07, 6.45) is 3.02. The van der Waals surface area contributed by atoms with Gasteiger partial charge in [-0.15, -0.1) is 0 Å². The van der Waals surface area contributed by atoms with Gasteiger partial charge >= 0.3 is 0 Å². The second-order valence-corrected chi connectivity index (χ2v) is 4.31. The molecule has 0 bridgehead atoms. The number of fused-ring (bicyclic) bond motifs is 1. The summed E-state index contributed by atoms with van der Waals surface area (Å²) in [6.45, 7) is 0. The number of hydrogen-bond acceptors (Lipinski definition) is 3. The summed E-state index contributed by atoms with van der Waals surface area (Å²) >= 11 is 0. The Morgan fingerprint density at radius 1 is 1.16 bits per heavy atom. The van der Waals surface area contributed by atoms with Crippen molar-refractivity contribution in [2.75, 3.05) is 7.11 Å². The van der Waals surface area contributed by atoms with Gasteiger partial charge in [0.05, 0.1) is 12.8 Å². The second-order valence-electron chi connectivity index (χ2n) is 4.31. The zero-order valence-electron chi connectivity index (χ0n) is 10.5. The molecule has 3 rings (SSSR count). The number of aliphatic hydroxyl groups excluding tert-OH is 1. The van der Waals surface area contributed by atoms with Gasteiger partial charge in [0.2, 0.25) is 0 Å². The number of benzene rings is 1. The van der Waals surface area contributed by atoms with E-state index in [1.807, 2.05) is 59.3 Å². The number of methoxy groups -OCH3 is 1. The predicted molar refractivity (Wildman–Crippen MR) is 72.2 cm³/mol. The predicted octanol–water partition coefficient (Wildman–Crippen LogP) is 2.42. The van der Waals surface area contributed by atoms with Crippen LogP contribution in [0.25, 0.3) is 5.65 Å². The Labute approximate surface area is 110 Å². The molecule has 1 atom stereocenters. The van der Waals surface area contributed by atoms with Crippen molar-refractivity contribution in [2.45, 2.75) is 6.10 Å². The van der Waals surface area contributed by atoms with E-state index in [2.05, 4.69) is 4.98 Å². The van der Waals surface area contributed by atoms with Crippen LogP contribution < -0.4 is 4.74 Å². The van der Waals surface area contributed by atoms with Crippen molar-refractivity contribution in [3.05, 3.63) is 66.1 Å². The van der Waals surface area contributed by atoms with E-state index in [4.69, 9.17) is 4.74 Å². The largest absolute Gasteiger partial charge is 0.497 e. The van der Waals surface area contributed by atoms with Crippen LogP contribution in [0, 0.1) is 0 Å². The molecule has 0 radical (unpaired) electrons. The molecule has 2 heterocycles. The fraction of sp³-hybridized carbons (Fsp3) is 0.133. The Morgan fingerprint density at radius 3 is 2.63 bits per heavy atom. The molecule has 0 spiro atoms. The van der Waals surface area contributed by atoms with Crippen LogP contribution in [0.5, 0.6) is 5.75 Å². The lowest BCUT2D eigenvalue weighted by Gasteiger charge is -2.08. The van der Waals surface area contributed by atoms with Gasteiger partial charge in [0.15, 0.2) is 0 Å². The SMILES string of the molecule is COc1ccc(C(O)c2cn3ccccc3n2)cc1. The summed E-state index contributed by atoms with van der Waals surface area (Å²) in [5.74, 6) is 0.769. The van der Waals surface area contributed by atoms with Crippen molar-refractivity contribution < 1.29 is 9.84 Å². The number of ether oxygens (including phenoxy) is 1. The fourth-order valence-corrected chi connectivity index (χ4v) is 2.04. The molecule has 1 N–H and O–H groups in total. The van der Waals surface area contributed by atoms with E-state index in [9.17, 15) is 5.11 Å². The van der Waals surface area contributed by atoms with Gasteiger partial charge in [-0.2, -0.15) is 0 Å². The third-order valence-electron chi connectivity index (χ3n) is 3.09. The topological polar surface area (TPSA) is 46.8 Å². The quantitative estimate of drug-likeness (QED) is 0.780. The Bertz CT molecular complexity index is 656. The average molecular weight is 254 g/mol. The number of aromatic nitrogens is 2. The van der Waals surface area contributed by atoms with Crippen LogP contribution in [-0.4, -0.2) is 21.6 Å². The molecular weight excluding hydrogens is 240 g/mol. The highest BCUT2D eigenvalue weighted by atomic mass is 16.5. The Morgan fingerprint density at radius 2 is 1.95 bits per heavy atom. The van der Waals surface area contributed by atoms with E-state index in [0.29, 0.717) is 5.69 Å². The van der Waals surface area contributed by atoms with Crippen LogP contribution in [0.3, 0.4) is 0 Å². The van der Waals surface area contributed by atoms with Gasteiger partial charge in [-0.3, -0.25) is 0 Å². The van der Waals surface area contributed by atoms with Crippen molar-refractivity contribution in [1.29, 1.82) is 0 Å². The molecule has 4 heteroatoms. The third-order valence-corrected chi connectivity index (χ3v) is 3.09. The summed E-state index contributed by atoms with van der Waals surface area (Å²) in [7, 11) is 1.62. The zero-order chi connectivity index (χ0) is 13.2. The molecule has 19 heavy (non-hydrogen) atoms. The fourth-order valence-electron chi connectivity index (χ4n) is 2.04. The number of rotatable bonds is 3. The second kappa shape index (κ2) is 4.74. The molecule has 0 saturated carbocycles. The normalized spacial score (nSPS) is 12.5. The molecule has 1 aromatic carbocycles. The van der Waals surface area contributed by atoms with Crippen LogP contribution in [0.15, 0.2) is 54.9 Å². The first-order valence-corrected chi connectivity index (χ1v) is 6.03. The molecule has 0 amide bonds. The maximum Gasteiger partial charge on any atom is 0.137 e. The minimum absolute atomic E-state index is 0.636. The maximum atomic E-state index is 10.3. The lowest BCUT2D eigenvalue weighted by molar-refractivity contribution is 0.216. The monoisotopic (exact) mass is 254 g/mol. The Kier molecular flexibility index (Phi) is 2.93. The molecule has 0 aliphatic heterocycles. The molecular formula is C15H14N2O2. The molecule has 3 aromatic rings. The Balaban J connectivity index is 1.95. The molecule has 0 saturated heterocycles. The minimum atomic E-state index is -0.731. The number of nitrogens with zero attached hydrogens (tertiary/aromatic N) is 2. The maximum absolute atomic E-state index is 10.3.